The lowest BCUT2D eigenvalue weighted by Crippen LogP contribution is -2.12. The van der Waals surface area contributed by atoms with Gasteiger partial charge in [-0.05, 0) is 44.4 Å². The van der Waals surface area contributed by atoms with Gasteiger partial charge in [-0.3, -0.25) is 4.79 Å². The van der Waals surface area contributed by atoms with Crippen molar-refractivity contribution in [3.8, 4) is 0 Å². The Kier molecular flexibility index (Phi) is 3.90. The number of H-pyrrole nitrogens is 1. The molecule has 3 rings (SSSR count). The Morgan fingerprint density at radius 1 is 1.13 bits per heavy atom. The van der Waals surface area contributed by atoms with E-state index in [4.69, 9.17) is 0 Å². The summed E-state index contributed by atoms with van der Waals surface area (Å²) in [6, 6.07) is 10.1. The standard InChI is InChI=1S/C19H21N3O/c1-5-15-14-7-6-8-16(17(14)19(23)22-21-15)20-18-12(3)9-11(2)10-13(18)4/h6-10,20H,5H2,1-4H3,(H,22,23). The number of rotatable bonds is 3. The molecule has 3 aromatic rings. The third-order valence-corrected chi connectivity index (χ3v) is 4.17. The maximum absolute atomic E-state index is 12.3. The number of aromatic nitrogens is 2. The van der Waals surface area contributed by atoms with Crippen LogP contribution >= 0.6 is 0 Å². The molecular weight excluding hydrogens is 286 g/mol. The molecule has 0 bridgehead atoms. The summed E-state index contributed by atoms with van der Waals surface area (Å²) in [4.78, 5) is 12.3. The Morgan fingerprint density at radius 3 is 2.48 bits per heavy atom. The lowest BCUT2D eigenvalue weighted by Gasteiger charge is -2.15. The number of nitrogens with zero attached hydrogens (tertiary/aromatic N) is 1. The summed E-state index contributed by atoms with van der Waals surface area (Å²) in [5, 5.41) is 11.8. The van der Waals surface area contributed by atoms with E-state index >= 15 is 0 Å². The molecule has 0 spiro atoms. The molecule has 2 N–H and O–H groups in total. The van der Waals surface area contributed by atoms with Crippen LogP contribution in [0.15, 0.2) is 35.1 Å². The molecule has 0 unspecified atom stereocenters. The van der Waals surface area contributed by atoms with Crippen LogP contribution in [0.4, 0.5) is 11.4 Å². The van der Waals surface area contributed by atoms with Gasteiger partial charge in [-0.1, -0.05) is 36.8 Å². The second kappa shape index (κ2) is 5.88. The normalized spacial score (nSPS) is 11.0. The van der Waals surface area contributed by atoms with Gasteiger partial charge in [-0.15, -0.1) is 0 Å². The molecule has 118 valence electrons. The Hall–Kier alpha value is -2.62. The second-order valence-electron chi connectivity index (χ2n) is 5.98. The molecule has 0 radical (unpaired) electrons. The first-order valence-electron chi connectivity index (χ1n) is 7.86. The van der Waals surface area contributed by atoms with Crippen LogP contribution in [0.1, 0.15) is 29.3 Å². The third kappa shape index (κ3) is 2.72. The number of fused-ring (bicyclic) bond motifs is 1. The fraction of sp³-hybridized carbons (Fsp3) is 0.263. The summed E-state index contributed by atoms with van der Waals surface area (Å²) in [7, 11) is 0. The van der Waals surface area contributed by atoms with Crippen LogP contribution in [-0.4, -0.2) is 10.2 Å². The summed E-state index contributed by atoms with van der Waals surface area (Å²) < 4.78 is 0. The zero-order valence-corrected chi connectivity index (χ0v) is 13.9. The number of benzene rings is 2. The van der Waals surface area contributed by atoms with Gasteiger partial charge in [0.25, 0.3) is 5.56 Å². The largest absolute Gasteiger partial charge is 0.354 e. The predicted molar refractivity (Wildman–Crippen MR) is 95.7 cm³/mol. The first kappa shape index (κ1) is 15.3. The van der Waals surface area contributed by atoms with Gasteiger partial charge in [0.1, 0.15) is 0 Å². The van der Waals surface area contributed by atoms with Crippen molar-refractivity contribution >= 4 is 22.1 Å². The monoisotopic (exact) mass is 307 g/mol. The molecule has 4 nitrogen and oxygen atoms in total. The highest BCUT2D eigenvalue weighted by molar-refractivity contribution is 5.96. The zero-order valence-electron chi connectivity index (χ0n) is 13.9. The molecule has 0 atom stereocenters. The molecule has 4 heteroatoms. The first-order chi connectivity index (χ1) is 11.0. The van der Waals surface area contributed by atoms with Crippen molar-refractivity contribution in [3.05, 3.63) is 63.1 Å². The van der Waals surface area contributed by atoms with E-state index in [9.17, 15) is 4.79 Å². The SMILES string of the molecule is CCc1n[nH]c(=O)c2c(Nc3c(C)cc(C)cc3C)cccc12. The number of anilines is 2. The highest BCUT2D eigenvalue weighted by Gasteiger charge is 2.11. The van der Waals surface area contributed by atoms with Gasteiger partial charge in [-0.25, -0.2) is 5.10 Å². The number of aryl methyl sites for hydroxylation is 4. The Morgan fingerprint density at radius 2 is 1.83 bits per heavy atom. The zero-order chi connectivity index (χ0) is 16.6. The van der Waals surface area contributed by atoms with E-state index in [-0.39, 0.29) is 5.56 Å². The quantitative estimate of drug-likeness (QED) is 0.764. The van der Waals surface area contributed by atoms with Gasteiger partial charge in [0.15, 0.2) is 0 Å². The van der Waals surface area contributed by atoms with Crippen molar-refractivity contribution in [2.24, 2.45) is 0 Å². The van der Waals surface area contributed by atoms with Gasteiger partial charge in [0.05, 0.1) is 16.8 Å². The van der Waals surface area contributed by atoms with E-state index < -0.39 is 0 Å². The van der Waals surface area contributed by atoms with E-state index in [1.807, 2.05) is 25.1 Å². The van der Waals surface area contributed by atoms with Crippen LogP contribution in [0.2, 0.25) is 0 Å². The molecule has 0 aliphatic rings. The van der Waals surface area contributed by atoms with Gasteiger partial charge in [0, 0.05) is 11.1 Å². The highest BCUT2D eigenvalue weighted by Crippen LogP contribution is 2.29. The fourth-order valence-electron chi connectivity index (χ4n) is 3.16. The van der Waals surface area contributed by atoms with E-state index in [2.05, 4.69) is 48.4 Å². The summed E-state index contributed by atoms with van der Waals surface area (Å²) in [5.74, 6) is 0. The molecule has 0 saturated carbocycles. The topological polar surface area (TPSA) is 57.8 Å². The first-order valence-corrected chi connectivity index (χ1v) is 7.86. The van der Waals surface area contributed by atoms with Crippen molar-refractivity contribution < 1.29 is 0 Å². The fourth-order valence-corrected chi connectivity index (χ4v) is 3.16. The lowest BCUT2D eigenvalue weighted by atomic mass is 10.0. The molecular formula is C19H21N3O. The van der Waals surface area contributed by atoms with Crippen molar-refractivity contribution in [3.63, 3.8) is 0 Å². The second-order valence-corrected chi connectivity index (χ2v) is 5.98. The number of hydrogen-bond acceptors (Lipinski definition) is 3. The average molecular weight is 307 g/mol. The number of nitrogens with one attached hydrogen (secondary N) is 2. The molecule has 0 amide bonds. The average Bonchev–Trinajstić information content (AvgIpc) is 2.51. The Labute approximate surface area is 135 Å². The van der Waals surface area contributed by atoms with E-state index in [1.165, 1.54) is 16.7 Å². The summed E-state index contributed by atoms with van der Waals surface area (Å²) in [6.45, 7) is 8.29. The molecule has 2 aromatic carbocycles. The molecule has 0 aliphatic carbocycles. The molecule has 0 aliphatic heterocycles. The maximum Gasteiger partial charge on any atom is 0.274 e. The van der Waals surface area contributed by atoms with Crippen molar-refractivity contribution in [1.29, 1.82) is 0 Å². The van der Waals surface area contributed by atoms with Gasteiger partial charge in [0.2, 0.25) is 0 Å². The Balaban J connectivity index is 2.21. The maximum atomic E-state index is 12.3. The third-order valence-electron chi connectivity index (χ3n) is 4.17. The predicted octanol–water partition coefficient (Wildman–Crippen LogP) is 4.15. The van der Waals surface area contributed by atoms with Crippen LogP contribution in [-0.2, 0) is 6.42 Å². The molecule has 23 heavy (non-hydrogen) atoms. The van der Waals surface area contributed by atoms with Gasteiger partial charge in [-0.2, -0.15) is 5.10 Å². The van der Waals surface area contributed by atoms with Crippen LogP contribution in [0, 0.1) is 20.8 Å². The molecule has 1 aromatic heterocycles. The van der Waals surface area contributed by atoms with Gasteiger partial charge >= 0.3 is 0 Å². The molecule has 0 fully saturated rings. The van der Waals surface area contributed by atoms with E-state index in [0.717, 1.165) is 28.9 Å². The van der Waals surface area contributed by atoms with Crippen LogP contribution in [0.25, 0.3) is 10.8 Å². The van der Waals surface area contributed by atoms with Crippen LogP contribution < -0.4 is 10.9 Å². The summed E-state index contributed by atoms with van der Waals surface area (Å²) in [6.07, 6.45) is 0.777. The number of aromatic amines is 1. The van der Waals surface area contributed by atoms with Crippen molar-refractivity contribution in [2.45, 2.75) is 34.1 Å². The van der Waals surface area contributed by atoms with E-state index in [1.54, 1.807) is 0 Å². The highest BCUT2D eigenvalue weighted by atomic mass is 16.1. The minimum absolute atomic E-state index is 0.164. The molecule has 1 heterocycles. The Bertz CT molecular complexity index is 918. The van der Waals surface area contributed by atoms with Crippen LogP contribution in [0.3, 0.4) is 0 Å². The van der Waals surface area contributed by atoms with E-state index in [0.29, 0.717) is 5.39 Å². The number of hydrogen-bond donors (Lipinski definition) is 2. The van der Waals surface area contributed by atoms with Gasteiger partial charge < -0.3 is 5.32 Å². The smallest absolute Gasteiger partial charge is 0.274 e. The lowest BCUT2D eigenvalue weighted by molar-refractivity contribution is 0.919. The summed E-state index contributed by atoms with van der Waals surface area (Å²) >= 11 is 0. The van der Waals surface area contributed by atoms with Crippen molar-refractivity contribution in [1.82, 2.24) is 10.2 Å². The van der Waals surface area contributed by atoms with Crippen LogP contribution in [0.5, 0.6) is 0 Å². The minimum Gasteiger partial charge on any atom is -0.354 e. The van der Waals surface area contributed by atoms with Crippen molar-refractivity contribution in [2.75, 3.05) is 5.32 Å². The summed E-state index contributed by atoms with van der Waals surface area (Å²) in [5.41, 5.74) is 6.18. The molecule has 0 saturated heterocycles. The minimum atomic E-state index is -0.164.